The van der Waals surface area contributed by atoms with Crippen LogP contribution in [0.5, 0.6) is 0 Å². The Hall–Kier alpha value is -1.33. The van der Waals surface area contributed by atoms with Crippen LogP contribution in [0, 0.1) is 10.8 Å². The maximum Gasteiger partial charge on any atom is 0.505 e. The van der Waals surface area contributed by atoms with Crippen LogP contribution in [0.4, 0.5) is 4.79 Å². The molecule has 0 radical (unpaired) electrons. The molecule has 2 N–H and O–H groups in total. The van der Waals surface area contributed by atoms with Crippen LogP contribution < -0.4 is 0 Å². The van der Waals surface area contributed by atoms with Crippen molar-refractivity contribution in [2.24, 2.45) is 11.3 Å². The van der Waals surface area contributed by atoms with Crippen molar-refractivity contribution in [3.05, 3.63) is 4.91 Å². The van der Waals surface area contributed by atoms with Crippen molar-refractivity contribution in [1.82, 2.24) is 0 Å². The average Bonchev–Trinajstić information content (AvgIpc) is 1.85. The van der Waals surface area contributed by atoms with Gasteiger partial charge in [0.05, 0.1) is 6.61 Å². The molecular weight excluding hydrogens is 154 g/mol. The van der Waals surface area contributed by atoms with Crippen LogP contribution in [0.3, 0.4) is 0 Å². The normalized spacial score (nSPS) is 7.91. The largest absolute Gasteiger partial charge is 0.505 e. The zero-order chi connectivity index (χ0) is 9.28. The van der Waals surface area contributed by atoms with Crippen LogP contribution >= 0.6 is 0 Å². The van der Waals surface area contributed by atoms with Gasteiger partial charge < -0.3 is 15.1 Å². The summed E-state index contributed by atoms with van der Waals surface area (Å²) < 4.78 is 4.22. The van der Waals surface area contributed by atoms with Gasteiger partial charge in [-0.25, -0.2) is 4.79 Å². The van der Waals surface area contributed by atoms with Gasteiger partial charge in [0.15, 0.2) is 5.34 Å². The zero-order valence-electron chi connectivity index (χ0n) is 6.35. The molecule has 0 aromatic heterocycles. The summed E-state index contributed by atoms with van der Waals surface area (Å²) in [6.07, 6.45) is -1.20. The van der Waals surface area contributed by atoms with Gasteiger partial charge in [-0.15, -0.1) is 4.91 Å². The average molecular weight is 165 g/mol. The highest BCUT2D eigenvalue weighted by atomic mass is 16.7. The van der Waals surface area contributed by atoms with Gasteiger partial charge in [0.1, 0.15) is 0 Å². The van der Waals surface area contributed by atoms with Gasteiger partial charge in [0.25, 0.3) is 0 Å². The molecule has 0 spiro atoms. The standard InChI is InChI=1S/C5H10O3.HNO2/c1-4(2)3-8-5(6)7;2-1-3/h4H,3H2,1-2H3,(H,6,7);(H,2,3). The molecule has 0 aromatic carbocycles. The Morgan fingerprint density at radius 3 is 2.09 bits per heavy atom. The topological polar surface area (TPSA) is 96.2 Å². The van der Waals surface area contributed by atoms with E-state index < -0.39 is 6.16 Å². The minimum atomic E-state index is -1.20. The highest BCUT2D eigenvalue weighted by Crippen LogP contribution is 1.91. The van der Waals surface area contributed by atoms with Crippen molar-refractivity contribution in [1.29, 1.82) is 0 Å². The molecule has 0 unspecified atom stereocenters. The Morgan fingerprint density at radius 1 is 1.64 bits per heavy atom. The fraction of sp³-hybridized carbons (Fsp3) is 0.800. The van der Waals surface area contributed by atoms with E-state index in [4.69, 9.17) is 15.2 Å². The van der Waals surface area contributed by atoms with Gasteiger partial charge >= 0.3 is 6.16 Å². The van der Waals surface area contributed by atoms with Crippen LogP contribution in [0.2, 0.25) is 0 Å². The highest BCUT2D eigenvalue weighted by molar-refractivity contribution is 5.56. The van der Waals surface area contributed by atoms with Gasteiger partial charge in [-0.05, 0) is 5.92 Å². The molecular formula is C5H11NO5. The molecule has 0 aromatic rings. The molecule has 11 heavy (non-hydrogen) atoms. The molecule has 0 heterocycles. The summed E-state index contributed by atoms with van der Waals surface area (Å²) in [6.45, 7) is 4.07. The monoisotopic (exact) mass is 165 g/mol. The zero-order valence-corrected chi connectivity index (χ0v) is 6.35. The number of carboxylic acid groups (broad SMARTS) is 1. The van der Waals surface area contributed by atoms with Gasteiger partial charge in [-0.1, -0.05) is 13.8 Å². The third-order valence-corrected chi connectivity index (χ3v) is 0.540. The second kappa shape index (κ2) is 8.67. The Bertz CT molecular complexity index is 113. The van der Waals surface area contributed by atoms with Gasteiger partial charge in [0, 0.05) is 0 Å². The highest BCUT2D eigenvalue weighted by Gasteiger charge is 1.97. The Morgan fingerprint density at radius 2 is 2.00 bits per heavy atom. The summed E-state index contributed by atoms with van der Waals surface area (Å²) in [5.74, 6) is 0.283. The number of nitrogens with zero attached hydrogens (tertiary/aromatic N) is 1. The minimum absolute atomic E-state index is 0.283. The lowest BCUT2D eigenvalue weighted by Crippen LogP contribution is -2.06. The fourth-order valence-electron chi connectivity index (χ4n) is 0.238. The molecule has 0 bridgehead atoms. The number of hydrogen-bond donors (Lipinski definition) is 2. The van der Waals surface area contributed by atoms with Crippen molar-refractivity contribution in [3.63, 3.8) is 0 Å². The van der Waals surface area contributed by atoms with Gasteiger partial charge in [-0.3, -0.25) is 0 Å². The van der Waals surface area contributed by atoms with E-state index in [1.807, 2.05) is 13.8 Å². The van der Waals surface area contributed by atoms with Crippen molar-refractivity contribution >= 4 is 6.16 Å². The fourth-order valence-corrected chi connectivity index (χ4v) is 0.238. The molecule has 6 heteroatoms. The molecule has 0 fully saturated rings. The summed E-state index contributed by atoms with van der Waals surface area (Å²) >= 11 is 0. The third-order valence-electron chi connectivity index (χ3n) is 0.540. The van der Waals surface area contributed by atoms with E-state index in [1.165, 1.54) is 5.34 Å². The van der Waals surface area contributed by atoms with E-state index in [0.717, 1.165) is 0 Å². The molecule has 0 rings (SSSR count). The molecule has 0 aliphatic rings. The number of ether oxygens (including phenoxy) is 1. The van der Waals surface area contributed by atoms with Crippen molar-refractivity contribution in [2.75, 3.05) is 6.61 Å². The van der Waals surface area contributed by atoms with Crippen molar-refractivity contribution in [3.8, 4) is 0 Å². The van der Waals surface area contributed by atoms with Crippen LogP contribution in [-0.2, 0) is 4.74 Å². The lowest BCUT2D eigenvalue weighted by atomic mass is 10.2. The second-order valence-corrected chi connectivity index (χ2v) is 2.05. The first kappa shape index (κ1) is 12.4. The van der Waals surface area contributed by atoms with Gasteiger partial charge in [0.2, 0.25) is 0 Å². The molecule has 0 amide bonds. The Labute approximate surface area is 63.7 Å². The van der Waals surface area contributed by atoms with Crippen LogP contribution in [-0.4, -0.2) is 23.1 Å². The lowest BCUT2D eigenvalue weighted by molar-refractivity contribution is 0.0814. The SMILES string of the molecule is CC(C)COC(=O)O.O=NO. The first-order chi connectivity index (χ1) is 5.04. The molecule has 0 saturated heterocycles. The maximum absolute atomic E-state index is 9.68. The lowest BCUT2D eigenvalue weighted by Gasteiger charge is -2.00. The predicted molar refractivity (Wildman–Crippen MR) is 36.4 cm³/mol. The molecule has 66 valence electrons. The van der Waals surface area contributed by atoms with Crippen molar-refractivity contribution < 1.29 is 19.8 Å². The molecule has 0 atom stereocenters. The summed E-state index contributed by atoms with van der Waals surface area (Å²) in [5, 5.41) is 15.8. The van der Waals surface area contributed by atoms with Crippen LogP contribution in [0.25, 0.3) is 0 Å². The maximum atomic E-state index is 9.68. The van der Waals surface area contributed by atoms with Crippen LogP contribution in [0.1, 0.15) is 13.8 Å². The van der Waals surface area contributed by atoms with E-state index in [-0.39, 0.29) is 12.5 Å². The van der Waals surface area contributed by atoms with E-state index in [9.17, 15) is 4.79 Å². The Kier molecular flexibility index (Phi) is 9.74. The predicted octanol–water partition coefficient (Wildman–Crippen LogP) is 1.48. The molecule has 0 aliphatic carbocycles. The molecule has 0 saturated carbocycles. The van der Waals surface area contributed by atoms with Crippen molar-refractivity contribution in [2.45, 2.75) is 13.8 Å². The number of carbonyl (C=O) groups is 1. The van der Waals surface area contributed by atoms with E-state index in [2.05, 4.69) is 4.74 Å². The van der Waals surface area contributed by atoms with E-state index in [1.54, 1.807) is 0 Å². The second-order valence-electron chi connectivity index (χ2n) is 2.05. The van der Waals surface area contributed by atoms with E-state index >= 15 is 0 Å². The quantitative estimate of drug-likeness (QED) is 0.367. The Balaban J connectivity index is 0. The summed E-state index contributed by atoms with van der Waals surface area (Å²) in [6, 6.07) is 0. The first-order valence-corrected chi connectivity index (χ1v) is 2.87. The van der Waals surface area contributed by atoms with Crippen LogP contribution in [0.15, 0.2) is 5.34 Å². The third kappa shape index (κ3) is 28.6. The first-order valence-electron chi connectivity index (χ1n) is 2.87. The summed E-state index contributed by atoms with van der Waals surface area (Å²) in [4.78, 5) is 17.8. The smallest absolute Gasteiger partial charge is 0.450 e. The summed E-state index contributed by atoms with van der Waals surface area (Å²) in [5.41, 5.74) is 0. The minimum Gasteiger partial charge on any atom is -0.450 e. The van der Waals surface area contributed by atoms with Gasteiger partial charge in [-0.2, -0.15) is 0 Å². The number of hydrogen-bond acceptors (Lipinski definition) is 4. The number of rotatable bonds is 2. The molecule has 6 nitrogen and oxygen atoms in total. The molecule has 0 aliphatic heterocycles. The van der Waals surface area contributed by atoms with E-state index in [0.29, 0.717) is 0 Å². The summed E-state index contributed by atoms with van der Waals surface area (Å²) in [7, 11) is 0.